The van der Waals surface area contributed by atoms with Crippen LogP contribution in [0.4, 0.5) is 13.2 Å². The van der Waals surface area contributed by atoms with Crippen LogP contribution in [0, 0.1) is 36.3 Å². The Bertz CT molecular complexity index is 585. The van der Waals surface area contributed by atoms with Crippen LogP contribution >= 0.6 is 0 Å². The van der Waals surface area contributed by atoms with E-state index >= 15 is 4.39 Å². The molecule has 0 aromatic heterocycles. The molecule has 2 fully saturated rings. The maximum atomic E-state index is 15.0. The number of hydrogen-bond donors (Lipinski definition) is 0. The first kappa shape index (κ1) is 18.6. The topological polar surface area (TPSA) is 9.23 Å². The van der Waals surface area contributed by atoms with Gasteiger partial charge in [0.25, 0.3) is 0 Å². The predicted molar refractivity (Wildman–Crippen MR) is 93.5 cm³/mol. The van der Waals surface area contributed by atoms with Gasteiger partial charge in [0.05, 0.1) is 0 Å². The summed E-state index contributed by atoms with van der Waals surface area (Å²) in [5.74, 6) is 0.0614. The summed E-state index contributed by atoms with van der Waals surface area (Å²) in [6.07, 6.45) is 7.81. The average Bonchev–Trinajstić information content (AvgIpc) is 2.61. The predicted octanol–water partition coefficient (Wildman–Crippen LogP) is 6.38. The molecule has 2 aliphatic rings. The average molecular weight is 354 g/mol. The zero-order valence-electron chi connectivity index (χ0n) is 15.3. The van der Waals surface area contributed by atoms with Crippen molar-refractivity contribution in [3.05, 3.63) is 29.3 Å². The number of alkyl halides is 1. The lowest BCUT2D eigenvalue weighted by Gasteiger charge is -2.39. The van der Waals surface area contributed by atoms with Crippen LogP contribution in [0.5, 0.6) is 5.75 Å². The van der Waals surface area contributed by atoms with E-state index in [9.17, 15) is 8.78 Å². The number of aryl methyl sites for hydroxylation is 1. The molecule has 2 saturated carbocycles. The Morgan fingerprint density at radius 2 is 1.56 bits per heavy atom. The van der Waals surface area contributed by atoms with Gasteiger partial charge < -0.3 is 4.74 Å². The molecule has 0 heterocycles. The van der Waals surface area contributed by atoms with Gasteiger partial charge in [0.15, 0.2) is 11.6 Å². The highest BCUT2D eigenvalue weighted by molar-refractivity contribution is 5.30. The quantitative estimate of drug-likeness (QED) is 0.610. The molecule has 0 N–H and O–H groups in total. The fraction of sp³-hybridized carbons (Fsp3) is 0.714. The van der Waals surface area contributed by atoms with E-state index in [4.69, 9.17) is 4.74 Å². The highest BCUT2D eigenvalue weighted by Crippen LogP contribution is 2.43. The zero-order chi connectivity index (χ0) is 18.0. The van der Waals surface area contributed by atoms with Gasteiger partial charge in [-0.25, -0.2) is 8.78 Å². The van der Waals surface area contributed by atoms with Gasteiger partial charge in [-0.1, -0.05) is 25.8 Å². The van der Waals surface area contributed by atoms with E-state index in [0.717, 1.165) is 24.7 Å². The molecule has 0 amide bonds. The molecule has 0 bridgehead atoms. The normalized spacial score (nSPS) is 33.2. The van der Waals surface area contributed by atoms with Gasteiger partial charge in [0.1, 0.15) is 12.3 Å². The Morgan fingerprint density at radius 3 is 2.20 bits per heavy atom. The molecule has 0 unspecified atom stereocenters. The third kappa shape index (κ3) is 4.32. The van der Waals surface area contributed by atoms with Gasteiger partial charge in [0, 0.05) is 0 Å². The summed E-state index contributed by atoms with van der Waals surface area (Å²) in [5, 5.41) is 0. The van der Waals surface area contributed by atoms with Crippen LogP contribution in [0.3, 0.4) is 0 Å². The van der Waals surface area contributed by atoms with E-state index < -0.39 is 17.3 Å². The molecule has 140 valence electrons. The standard InChI is InChI=1S/C21H29F3O/c1-14-3-6-16(7-4-14)17-9-11-21(24,12-10-17)13-25-18-8-5-15(2)19(22)20(18)23/h5,8,14,16-17H,3-4,6-7,9-13H2,1-2H3/t14?,16?,17-,21+. The van der Waals surface area contributed by atoms with Crippen LogP contribution in [0.15, 0.2) is 12.1 Å². The number of rotatable bonds is 4. The summed E-state index contributed by atoms with van der Waals surface area (Å²) >= 11 is 0. The van der Waals surface area contributed by atoms with Gasteiger partial charge >= 0.3 is 0 Å². The lowest BCUT2D eigenvalue weighted by atomic mass is 9.69. The first-order valence-electron chi connectivity index (χ1n) is 9.64. The molecule has 25 heavy (non-hydrogen) atoms. The minimum absolute atomic E-state index is 0.191. The second-order valence-corrected chi connectivity index (χ2v) is 8.31. The van der Waals surface area contributed by atoms with Crippen molar-refractivity contribution in [2.24, 2.45) is 17.8 Å². The van der Waals surface area contributed by atoms with Crippen LogP contribution in [0.1, 0.15) is 63.9 Å². The molecule has 1 aromatic carbocycles. The molecule has 0 aliphatic heterocycles. The Labute approximate surface area is 149 Å². The van der Waals surface area contributed by atoms with Crippen LogP contribution in [0.25, 0.3) is 0 Å². The van der Waals surface area contributed by atoms with E-state index in [1.165, 1.54) is 44.7 Å². The van der Waals surface area contributed by atoms with Crippen molar-refractivity contribution < 1.29 is 17.9 Å². The van der Waals surface area contributed by atoms with Crippen molar-refractivity contribution in [3.8, 4) is 5.75 Å². The fourth-order valence-electron chi connectivity index (χ4n) is 4.48. The molecule has 2 aliphatic carbocycles. The van der Waals surface area contributed by atoms with Crippen molar-refractivity contribution in [2.75, 3.05) is 6.61 Å². The van der Waals surface area contributed by atoms with E-state index in [2.05, 4.69) is 6.92 Å². The van der Waals surface area contributed by atoms with Crippen LogP contribution in [-0.2, 0) is 0 Å². The van der Waals surface area contributed by atoms with Crippen molar-refractivity contribution in [1.29, 1.82) is 0 Å². The van der Waals surface area contributed by atoms with E-state index in [1.807, 2.05) is 0 Å². The van der Waals surface area contributed by atoms with Crippen molar-refractivity contribution in [2.45, 2.75) is 70.9 Å². The smallest absolute Gasteiger partial charge is 0.200 e. The number of benzene rings is 1. The Morgan fingerprint density at radius 1 is 0.960 bits per heavy atom. The third-order valence-corrected chi connectivity index (χ3v) is 6.38. The Balaban J connectivity index is 1.52. The highest BCUT2D eigenvalue weighted by Gasteiger charge is 2.39. The fourth-order valence-corrected chi connectivity index (χ4v) is 4.48. The first-order valence-corrected chi connectivity index (χ1v) is 9.64. The second kappa shape index (κ2) is 7.59. The molecule has 1 aromatic rings. The zero-order valence-corrected chi connectivity index (χ0v) is 15.3. The van der Waals surface area contributed by atoms with E-state index in [-0.39, 0.29) is 17.9 Å². The monoisotopic (exact) mass is 354 g/mol. The third-order valence-electron chi connectivity index (χ3n) is 6.38. The summed E-state index contributed by atoms with van der Waals surface area (Å²) in [6.45, 7) is 3.61. The molecule has 0 saturated heterocycles. The Kier molecular flexibility index (Phi) is 5.65. The maximum Gasteiger partial charge on any atom is 0.200 e. The van der Waals surface area contributed by atoms with Crippen molar-refractivity contribution in [3.63, 3.8) is 0 Å². The van der Waals surface area contributed by atoms with Gasteiger partial charge in [-0.3, -0.25) is 0 Å². The van der Waals surface area contributed by atoms with Crippen LogP contribution < -0.4 is 4.74 Å². The molecule has 3 rings (SSSR count). The first-order chi connectivity index (χ1) is 11.9. The molecular weight excluding hydrogens is 325 g/mol. The van der Waals surface area contributed by atoms with Crippen molar-refractivity contribution in [1.82, 2.24) is 0 Å². The van der Waals surface area contributed by atoms with Gasteiger partial charge in [-0.2, -0.15) is 4.39 Å². The molecule has 0 radical (unpaired) electrons. The lowest BCUT2D eigenvalue weighted by molar-refractivity contribution is 0.0156. The summed E-state index contributed by atoms with van der Waals surface area (Å²) < 4.78 is 47.8. The molecule has 0 atom stereocenters. The van der Waals surface area contributed by atoms with Crippen LogP contribution in [0.2, 0.25) is 0 Å². The minimum atomic E-state index is -1.42. The second-order valence-electron chi connectivity index (χ2n) is 8.31. The Hall–Kier alpha value is -1.19. The van der Waals surface area contributed by atoms with Crippen LogP contribution in [-0.4, -0.2) is 12.3 Å². The van der Waals surface area contributed by atoms with E-state index in [0.29, 0.717) is 18.8 Å². The molecule has 4 heteroatoms. The van der Waals surface area contributed by atoms with Crippen molar-refractivity contribution >= 4 is 0 Å². The maximum absolute atomic E-state index is 15.0. The summed E-state index contributed by atoms with van der Waals surface area (Å²) in [4.78, 5) is 0. The SMILES string of the molecule is Cc1ccc(OC[C@]2(F)CC[C@@H](C3CCC(C)CC3)CC2)c(F)c1F. The minimum Gasteiger partial charge on any atom is -0.487 e. The lowest BCUT2D eigenvalue weighted by Crippen LogP contribution is -2.38. The van der Waals surface area contributed by atoms with Gasteiger partial charge in [-0.05, 0) is 74.8 Å². The number of ether oxygens (including phenoxy) is 1. The summed E-state index contributed by atoms with van der Waals surface area (Å²) in [7, 11) is 0. The molecule has 1 nitrogen and oxygen atoms in total. The van der Waals surface area contributed by atoms with Gasteiger partial charge in [-0.15, -0.1) is 0 Å². The number of hydrogen-bond acceptors (Lipinski definition) is 1. The molecular formula is C21H29F3O. The largest absolute Gasteiger partial charge is 0.487 e. The summed E-state index contributed by atoms with van der Waals surface area (Å²) in [6, 6.07) is 2.84. The van der Waals surface area contributed by atoms with E-state index in [1.54, 1.807) is 0 Å². The summed E-state index contributed by atoms with van der Waals surface area (Å²) in [5.41, 5.74) is -1.20. The molecule has 0 spiro atoms. The number of halogens is 3. The highest BCUT2D eigenvalue weighted by atomic mass is 19.2. The van der Waals surface area contributed by atoms with Gasteiger partial charge in [0.2, 0.25) is 5.82 Å².